The quantitative estimate of drug-likeness (QED) is 0.475. The first kappa shape index (κ1) is 13.4. The van der Waals surface area contributed by atoms with Crippen LogP contribution in [0.3, 0.4) is 0 Å². The Kier molecular flexibility index (Phi) is 2.80. The molecule has 0 saturated carbocycles. The van der Waals surface area contributed by atoms with Crippen molar-refractivity contribution in [3.05, 3.63) is 82.9 Å². The van der Waals surface area contributed by atoms with Crippen LogP contribution in [0.25, 0.3) is 22.8 Å². The lowest BCUT2D eigenvalue weighted by Crippen LogP contribution is -1.92. The summed E-state index contributed by atoms with van der Waals surface area (Å²) in [5, 5.41) is 0. The summed E-state index contributed by atoms with van der Waals surface area (Å²) in [4.78, 5) is 0. The molecular formula is C22H16O2. The molecule has 5 rings (SSSR count). The van der Waals surface area contributed by atoms with Gasteiger partial charge in [0.25, 0.3) is 0 Å². The van der Waals surface area contributed by atoms with Gasteiger partial charge in [0, 0.05) is 0 Å². The predicted molar refractivity (Wildman–Crippen MR) is 96.2 cm³/mol. The van der Waals surface area contributed by atoms with Crippen molar-refractivity contribution >= 4 is 11.6 Å². The van der Waals surface area contributed by atoms with Gasteiger partial charge in [-0.25, -0.2) is 0 Å². The third kappa shape index (κ3) is 1.96. The Balaban J connectivity index is 1.71. The molecule has 1 aliphatic carbocycles. The number of aryl methyl sites for hydroxylation is 1. The Labute approximate surface area is 141 Å². The Hall–Kier alpha value is -3.00. The highest BCUT2D eigenvalue weighted by Crippen LogP contribution is 2.45. The van der Waals surface area contributed by atoms with E-state index >= 15 is 0 Å². The summed E-state index contributed by atoms with van der Waals surface area (Å²) in [5.41, 5.74) is 8.88. The van der Waals surface area contributed by atoms with Gasteiger partial charge in [0.15, 0.2) is 11.5 Å². The maximum Gasteiger partial charge on any atom is 0.231 e. The van der Waals surface area contributed by atoms with Crippen LogP contribution in [-0.4, -0.2) is 6.79 Å². The van der Waals surface area contributed by atoms with Gasteiger partial charge >= 0.3 is 0 Å². The lowest BCUT2D eigenvalue weighted by Gasteiger charge is -2.05. The van der Waals surface area contributed by atoms with Crippen LogP contribution in [0, 0.1) is 6.92 Å². The third-order valence-electron chi connectivity index (χ3n) is 4.68. The van der Waals surface area contributed by atoms with Gasteiger partial charge in [0.2, 0.25) is 6.79 Å². The first-order chi connectivity index (χ1) is 11.8. The van der Waals surface area contributed by atoms with Crippen LogP contribution in [-0.2, 0) is 0 Å². The lowest BCUT2D eigenvalue weighted by atomic mass is 10.0. The molecule has 0 saturated heterocycles. The molecule has 2 heteroatoms. The maximum absolute atomic E-state index is 5.51. The monoisotopic (exact) mass is 312 g/mol. The Morgan fingerprint density at radius 3 is 2.46 bits per heavy atom. The second-order valence-electron chi connectivity index (χ2n) is 6.27. The summed E-state index contributed by atoms with van der Waals surface area (Å²) in [6.45, 7) is 2.45. The number of ether oxygens (including phenoxy) is 2. The average molecular weight is 312 g/mol. The van der Waals surface area contributed by atoms with E-state index in [1.807, 2.05) is 12.1 Å². The van der Waals surface area contributed by atoms with Crippen LogP contribution in [0.2, 0.25) is 0 Å². The van der Waals surface area contributed by atoms with Crippen molar-refractivity contribution in [2.24, 2.45) is 0 Å². The summed E-state index contributed by atoms with van der Waals surface area (Å²) < 4.78 is 10.9. The van der Waals surface area contributed by atoms with E-state index in [9.17, 15) is 0 Å². The van der Waals surface area contributed by atoms with Crippen molar-refractivity contribution in [3.63, 3.8) is 0 Å². The minimum Gasteiger partial charge on any atom is -0.454 e. The molecule has 0 aromatic heterocycles. The molecule has 2 aliphatic rings. The SMILES string of the molecule is Cc1ccc2c(c1)-c1ccccc1/C2=C\c1ccc2c(c1)OCO2. The van der Waals surface area contributed by atoms with E-state index in [1.165, 1.54) is 33.4 Å². The molecule has 1 heterocycles. The molecule has 0 radical (unpaired) electrons. The molecule has 0 fully saturated rings. The van der Waals surface area contributed by atoms with Crippen molar-refractivity contribution in [1.29, 1.82) is 0 Å². The fourth-order valence-corrected chi connectivity index (χ4v) is 3.54. The smallest absolute Gasteiger partial charge is 0.231 e. The lowest BCUT2D eigenvalue weighted by molar-refractivity contribution is 0.174. The number of rotatable bonds is 1. The molecule has 24 heavy (non-hydrogen) atoms. The van der Waals surface area contributed by atoms with Crippen molar-refractivity contribution in [1.82, 2.24) is 0 Å². The molecule has 3 aromatic rings. The van der Waals surface area contributed by atoms with Gasteiger partial charge in [-0.15, -0.1) is 0 Å². The van der Waals surface area contributed by atoms with E-state index in [0.29, 0.717) is 6.79 Å². The van der Waals surface area contributed by atoms with Gasteiger partial charge in [-0.1, -0.05) is 54.1 Å². The van der Waals surface area contributed by atoms with E-state index in [-0.39, 0.29) is 0 Å². The van der Waals surface area contributed by atoms with Crippen molar-refractivity contribution < 1.29 is 9.47 Å². The molecule has 0 spiro atoms. The van der Waals surface area contributed by atoms with Crippen LogP contribution in [0.1, 0.15) is 22.3 Å². The fourth-order valence-electron chi connectivity index (χ4n) is 3.54. The zero-order valence-electron chi connectivity index (χ0n) is 13.4. The maximum atomic E-state index is 5.51. The first-order valence-electron chi connectivity index (χ1n) is 8.12. The topological polar surface area (TPSA) is 18.5 Å². The first-order valence-corrected chi connectivity index (χ1v) is 8.12. The average Bonchev–Trinajstić information content (AvgIpc) is 3.18. The number of hydrogen-bond acceptors (Lipinski definition) is 2. The normalized spacial score (nSPS) is 15.5. The fraction of sp³-hybridized carbons (Fsp3) is 0.0909. The van der Waals surface area contributed by atoms with E-state index in [4.69, 9.17) is 9.47 Å². The van der Waals surface area contributed by atoms with Gasteiger partial charge < -0.3 is 9.47 Å². The highest BCUT2D eigenvalue weighted by Gasteiger charge is 2.23. The molecule has 0 bridgehead atoms. The molecule has 0 unspecified atom stereocenters. The van der Waals surface area contributed by atoms with Gasteiger partial charge in [-0.3, -0.25) is 0 Å². The van der Waals surface area contributed by atoms with Gasteiger partial charge in [0.1, 0.15) is 0 Å². The van der Waals surface area contributed by atoms with Crippen LogP contribution in [0.5, 0.6) is 11.5 Å². The molecule has 116 valence electrons. The van der Waals surface area contributed by atoms with E-state index in [1.54, 1.807) is 0 Å². The van der Waals surface area contributed by atoms with Crippen molar-refractivity contribution in [3.8, 4) is 22.6 Å². The Morgan fingerprint density at radius 1 is 0.750 bits per heavy atom. The number of benzene rings is 3. The molecule has 2 nitrogen and oxygen atoms in total. The zero-order valence-corrected chi connectivity index (χ0v) is 13.4. The second kappa shape index (κ2) is 5.00. The molecule has 0 atom stereocenters. The summed E-state index contributed by atoms with van der Waals surface area (Å²) >= 11 is 0. The minimum absolute atomic E-state index is 0.306. The van der Waals surface area contributed by atoms with E-state index in [2.05, 4.69) is 61.5 Å². The second-order valence-corrected chi connectivity index (χ2v) is 6.27. The third-order valence-corrected chi connectivity index (χ3v) is 4.68. The van der Waals surface area contributed by atoms with Crippen LogP contribution in [0.15, 0.2) is 60.7 Å². The molecule has 0 amide bonds. The Bertz CT molecular complexity index is 999. The number of fused-ring (bicyclic) bond motifs is 4. The largest absolute Gasteiger partial charge is 0.454 e. The highest BCUT2D eigenvalue weighted by molar-refractivity contribution is 6.06. The summed E-state index contributed by atoms with van der Waals surface area (Å²) in [6.07, 6.45) is 2.24. The van der Waals surface area contributed by atoms with Crippen LogP contribution < -0.4 is 9.47 Å². The predicted octanol–water partition coefficient (Wildman–Crippen LogP) is 5.29. The van der Waals surface area contributed by atoms with E-state index in [0.717, 1.165) is 17.1 Å². The van der Waals surface area contributed by atoms with Gasteiger partial charge in [-0.05, 0) is 58.5 Å². The van der Waals surface area contributed by atoms with Gasteiger partial charge in [-0.2, -0.15) is 0 Å². The van der Waals surface area contributed by atoms with Crippen molar-refractivity contribution in [2.75, 3.05) is 6.79 Å². The Morgan fingerprint density at radius 2 is 1.54 bits per heavy atom. The number of hydrogen-bond donors (Lipinski definition) is 0. The van der Waals surface area contributed by atoms with Crippen molar-refractivity contribution in [2.45, 2.75) is 6.92 Å². The molecular weight excluding hydrogens is 296 g/mol. The van der Waals surface area contributed by atoms with Crippen LogP contribution in [0.4, 0.5) is 0 Å². The van der Waals surface area contributed by atoms with Gasteiger partial charge in [0.05, 0.1) is 0 Å². The molecule has 0 N–H and O–H groups in total. The summed E-state index contributed by atoms with van der Waals surface area (Å²) in [6, 6.07) is 21.4. The van der Waals surface area contributed by atoms with E-state index < -0.39 is 0 Å². The van der Waals surface area contributed by atoms with Crippen LogP contribution >= 0.6 is 0 Å². The summed E-state index contributed by atoms with van der Waals surface area (Å²) in [5.74, 6) is 1.64. The standard InChI is InChI=1S/C22H16O2/c1-14-6-8-18-19(10-14)16-4-2-3-5-17(16)20(18)11-15-7-9-21-22(12-15)24-13-23-21/h2-12H,13H2,1H3/b20-11+. The molecule has 3 aromatic carbocycles. The highest BCUT2D eigenvalue weighted by atomic mass is 16.7. The molecule has 1 aliphatic heterocycles. The minimum atomic E-state index is 0.306. The summed E-state index contributed by atoms with van der Waals surface area (Å²) in [7, 11) is 0. The zero-order chi connectivity index (χ0) is 16.1.